The molecule has 1 heterocycles. The lowest BCUT2D eigenvalue weighted by atomic mass is 10.1. The molecule has 1 aliphatic carbocycles. The molecule has 0 aromatic rings. The molecule has 1 saturated heterocycles. The van der Waals surface area contributed by atoms with Crippen molar-refractivity contribution in [2.24, 2.45) is 11.7 Å². The monoisotopic (exact) mass is 154 g/mol. The van der Waals surface area contributed by atoms with Crippen molar-refractivity contribution in [3.8, 4) is 0 Å². The molecule has 0 aromatic heterocycles. The van der Waals surface area contributed by atoms with Crippen LogP contribution in [0.5, 0.6) is 0 Å². The molecule has 1 saturated carbocycles. The minimum Gasteiger partial charge on any atom is -0.327 e. The van der Waals surface area contributed by atoms with E-state index in [0.717, 1.165) is 18.5 Å². The first-order chi connectivity index (χ1) is 5.27. The Morgan fingerprint density at radius 3 is 2.73 bits per heavy atom. The molecule has 0 spiro atoms. The van der Waals surface area contributed by atoms with Crippen LogP contribution in [-0.2, 0) is 0 Å². The van der Waals surface area contributed by atoms with Crippen LogP contribution in [0, 0.1) is 5.92 Å². The molecule has 3 atom stereocenters. The van der Waals surface area contributed by atoms with Gasteiger partial charge in [0, 0.05) is 18.6 Å². The summed E-state index contributed by atoms with van der Waals surface area (Å²) in [7, 11) is 0. The highest BCUT2D eigenvalue weighted by atomic mass is 15.2. The summed E-state index contributed by atoms with van der Waals surface area (Å²) in [5.74, 6) is 0.945. The summed E-state index contributed by atoms with van der Waals surface area (Å²) in [6.07, 6.45) is 3.95. The van der Waals surface area contributed by atoms with Crippen molar-refractivity contribution in [2.75, 3.05) is 13.1 Å². The largest absolute Gasteiger partial charge is 0.327 e. The SMILES string of the molecule is CC1CC1N1CCCC(N)C1. The highest BCUT2D eigenvalue weighted by Gasteiger charge is 2.38. The van der Waals surface area contributed by atoms with Gasteiger partial charge in [-0.1, -0.05) is 6.92 Å². The zero-order chi connectivity index (χ0) is 7.84. The maximum atomic E-state index is 5.89. The lowest BCUT2D eigenvalue weighted by Crippen LogP contribution is -2.44. The molecule has 0 bridgehead atoms. The average Bonchev–Trinajstić information content (AvgIpc) is 2.67. The molecule has 2 N–H and O–H groups in total. The Kier molecular flexibility index (Phi) is 1.90. The van der Waals surface area contributed by atoms with Gasteiger partial charge in [-0.2, -0.15) is 0 Å². The third kappa shape index (κ3) is 1.57. The lowest BCUT2D eigenvalue weighted by molar-refractivity contribution is 0.193. The van der Waals surface area contributed by atoms with E-state index in [-0.39, 0.29) is 0 Å². The van der Waals surface area contributed by atoms with Gasteiger partial charge in [0.25, 0.3) is 0 Å². The van der Waals surface area contributed by atoms with Crippen molar-refractivity contribution in [3.63, 3.8) is 0 Å². The van der Waals surface area contributed by atoms with E-state index in [9.17, 15) is 0 Å². The molecule has 11 heavy (non-hydrogen) atoms. The Balaban J connectivity index is 1.84. The highest BCUT2D eigenvalue weighted by molar-refractivity contribution is 4.94. The third-order valence-electron chi connectivity index (χ3n) is 3.03. The minimum atomic E-state index is 0.455. The zero-order valence-electron chi connectivity index (χ0n) is 7.29. The van der Waals surface area contributed by atoms with Gasteiger partial charge in [-0.3, -0.25) is 4.90 Å². The summed E-state index contributed by atoms with van der Waals surface area (Å²) in [4.78, 5) is 2.58. The van der Waals surface area contributed by atoms with Crippen molar-refractivity contribution in [2.45, 2.75) is 38.3 Å². The summed E-state index contributed by atoms with van der Waals surface area (Å²) >= 11 is 0. The lowest BCUT2D eigenvalue weighted by Gasteiger charge is -2.30. The highest BCUT2D eigenvalue weighted by Crippen LogP contribution is 2.36. The quantitative estimate of drug-likeness (QED) is 0.606. The van der Waals surface area contributed by atoms with Gasteiger partial charge in [-0.25, -0.2) is 0 Å². The number of hydrogen-bond donors (Lipinski definition) is 1. The third-order valence-corrected chi connectivity index (χ3v) is 3.03. The fraction of sp³-hybridized carbons (Fsp3) is 1.00. The Labute approximate surface area is 68.7 Å². The predicted molar refractivity (Wildman–Crippen MR) is 46.4 cm³/mol. The number of piperidine rings is 1. The molecule has 2 heteroatoms. The van der Waals surface area contributed by atoms with Crippen molar-refractivity contribution >= 4 is 0 Å². The molecule has 3 unspecified atom stereocenters. The van der Waals surface area contributed by atoms with Crippen LogP contribution in [0.15, 0.2) is 0 Å². The number of nitrogens with zero attached hydrogens (tertiary/aromatic N) is 1. The summed E-state index contributed by atoms with van der Waals surface area (Å²) in [6.45, 7) is 4.78. The van der Waals surface area contributed by atoms with Crippen LogP contribution in [-0.4, -0.2) is 30.1 Å². The molecule has 2 rings (SSSR count). The first-order valence-corrected chi connectivity index (χ1v) is 4.77. The Bertz CT molecular complexity index is 146. The van der Waals surface area contributed by atoms with Gasteiger partial charge in [0.1, 0.15) is 0 Å². The Hall–Kier alpha value is -0.0800. The zero-order valence-corrected chi connectivity index (χ0v) is 7.29. The maximum absolute atomic E-state index is 5.89. The topological polar surface area (TPSA) is 29.3 Å². The van der Waals surface area contributed by atoms with Crippen LogP contribution in [0.1, 0.15) is 26.2 Å². The number of likely N-dealkylation sites (tertiary alicyclic amines) is 1. The van der Waals surface area contributed by atoms with Crippen LogP contribution >= 0.6 is 0 Å². The van der Waals surface area contributed by atoms with Crippen LogP contribution < -0.4 is 5.73 Å². The van der Waals surface area contributed by atoms with E-state index in [1.54, 1.807) is 0 Å². The summed E-state index contributed by atoms with van der Waals surface area (Å²) in [6, 6.07) is 1.35. The second-order valence-corrected chi connectivity index (χ2v) is 4.18. The normalized spacial score (nSPS) is 45.8. The Morgan fingerprint density at radius 1 is 1.45 bits per heavy atom. The smallest absolute Gasteiger partial charge is 0.0168 e. The van der Waals surface area contributed by atoms with Gasteiger partial charge in [0.05, 0.1) is 0 Å². The van der Waals surface area contributed by atoms with Crippen molar-refractivity contribution < 1.29 is 0 Å². The van der Waals surface area contributed by atoms with Gasteiger partial charge < -0.3 is 5.73 Å². The standard InChI is InChI=1S/C9H18N2/c1-7-5-9(7)11-4-2-3-8(10)6-11/h7-9H,2-6,10H2,1H3. The van der Waals surface area contributed by atoms with Crippen LogP contribution in [0.4, 0.5) is 0 Å². The predicted octanol–water partition coefficient (Wildman–Crippen LogP) is 0.818. The molecule has 2 aliphatic rings. The van der Waals surface area contributed by atoms with Gasteiger partial charge in [-0.05, 0) is 31.7 Å². The second-order valence-electron chi connectivity index (χ2n) is 4.18. The summed E-state index contributed by atoms with van der Waals surface area (Å²) in [5.41, 5.74) is 5.89. The van der Waals surface area contributed by atoms with Crippen molar-refractivity contribution in [3.05, 3.63) is 0 Å². The van der Waals surface area contributed by atoms with Gasteiger partial charge in [0.2, 0.25) is 0 Å². The first kappa shape index (κ1) is 7.56. The van der Waals surface area contributed by atoms with Crippen molar-refractivity contribution in [1.29, 1.82) is 0 Å². The fourth-order valence-electron chi connectivity index (χ4n) is 2.15. The van der Waals surface area contributed by atoms with Gasteiger partial charge in [-0.15, -0.1) is 0 Å². The van der Waals surface area contributed by atoms with Crippen LogP contribution in [0.3, 0.4) is 0 Å². The first-order valence-electron chi connectivity index (χ1n) is 4.77. The van der Waals surface area contributed by atoms with E-state index >= 15 is 0 Å². The van der Waals surface area contributed by atoms with E-state index in [1.807, 2.05) is 0 Å². The minimum absolute atomic E-state index is 0.455. The van der Waals surface area contributed by atoms with E-state index < -0.39 is 0 Å². The number of nitrogens with two attached hydrogens (primary N) is 1. The average molecular weight is 154 g/mol. The molecule has 2 fully saturated rings. The van der Waals surface area contributed by atoms with Crippen molar-refractivity contribution in [1.82, 2.24) is 4.90 Å². The number of hydrogen-bond acceptors (Lipinski definition) is 2. The maximum Gasteiger partial charge on any atom is 0.0168 e. The van der Waals surface area contributed by atoms with Gasteiger partial charge in [0.15, 0.2) is 0 Å². The second kappa shape index (κ2) is 2.76. The molecule has 0 amide bonds. The molecular weight excluding hydrogens is 136 g/mol. The van der Waals surface area contributed by atoms with E-state index in [4.69, 9.17) is 5.73 Å². The van der Waals surface area contributed by atoms with E-state index in [2.05, 4.69) is 11.8 Å². The molecule has 0 aromatic carbocycles. The number of rotatable bonds is 1. The summed E-state index contributed by atoms with van der Waals surface area (Å²) < 4.78 is 0. The van der Waals surface area contributed by atoms with E-state index in [0.29, 0.717) is 6.04 Å². The molecule has 64 valence electrons. The Morgan fingerprint density at radius 2 is 2.18 bits per heavy atom. The van der Waals surface area contributed by atoms with Crippen LogP contribution in [0.25, 0.3) is 0 Å². The molecule has 2 nitrogen and oxygen atoms in total. The van der Waals surface area contributed by atoms with Gasteiger partial charge >= 0.3 is 0 Å². The summed E-state index contributed by atoms with van der Waals surface area (Å²) in [5, 5.41) is 0. The molecular formula is C9H18N2. The van der Waals surface area contributed by atoms with Crippen LogP contribution in [0.2, 0.25) is 0 Å². The molecule has 1 aliphatic heterocycles. The molecule has 0 radical (unpaired) electrons. The fourth-order valence-corrected chi connectivity index (χ4v) is 2.15. The van der Waals surface area contributed by atoms with E-state index in [1.165, 1.54) is 25.8 Å².